The number of nitrogens with zero attached hydrogens (tertiary/aromatic N) is 3. The second kappa shape index (κ2) is 6.85. The minimum absolute atomic E-state index is 0.0855. The van der Waals surface area contributed by atoms with E-state index in [9.17, 15) is 0 Å². The van der Waals surface area contributed by atoms with Crippen molar-refractivity contribution in [2.24, 2.45) is 10.8 Å². The van der Waals surface area contributed by atoms with E-state index in [0.717, 1.165) is 12.8 Å². The Labute approximate surface area is 148 Å². The second-order valence-electron chi connectivity index (χ2n) is 10.6. The first-order valence-corrected chi connectivity index (χ1v) is 8.83. The van der Waals surface area contributed by atoms with Crippen LogP contribution in [0.2, 0.25) is 0 Å². The normalized spacial score (nSPS) is 13.8. The fraction of sp³-hybridized carbons (Fsp3) is 0.842. The zero-order valence-corrected chi connectivity index (χ0v) is 17.3. The Morgan fingerprint density at radius 1 is 0.667 bits per heavy atom. The molecule has 1 aromatic rings. The van der Waals surface area contributed by atoms with Crippen molar-refractivity contribution in [1.29, 1.82) is 0 Å². The Balaban J connectivity index is 2.84. The Hall–Kier alpha value is -1.39. The van der Waals surface area contributed by atoms with E-state index in [1.165, 1.54) is 0 Å². The molecule has 5 nitrogen and oxygen atoms in total. The van der Waals surface area contributed by atoms with Gasteiger partial charge in [-0.05, 0) is 51.4 Å². The van der Waals surface area contributed by atoms with E-state index in [-0.39, 0.29) is 21.9 Å². The third-order valence-electron chi connectivity index (χ3n) is 3.42. The third-order valence-corrected chi connectivity index (χ3v) is 3.42. The lowest BCUT2D eigenvalue weighted by molar-refractivity contribution is 0.301. The summed E-state index contributed by atoms with van der Waals surface area (Å²) in [6.45, 7) is 22.2. The van der Waals surface area contributed by atoms with E-state index in [1.807, 2.05) is 0 Å². The van der Waals surface area contributed by atoms with Crippen LogP contribution in [0, 0.1) is 10.8 Å². The van der Waals surface area contributed by atoms with Gasteiger partial charge in [-0.3, -0.25) is 0 Å². The molecule has 0 unspecified atom stereocenters. The summed E-state index contributed by atoms with van der Waals surface area (Å²) in [7, 11) is 0. The van der Waals surface area contributed by atoms with E-state index in [4.69, 9.17) is 0 Å². The molecule has 24 heavy (non-hydrogen) atoms. The van der Waals surface area contributed by atoms with E-state index in [2.05, 4.69) is 94.8 Å². The molecular formula is C19H37N5. The van der Waals surface area contributed by atoms with Crippen LogP contribution >= 0.6 is 0 Å². The number of anilines is 2. The van der Waals surface area contributed by atoms with Gasteiger partial charge in [0.25, 0.3) is 0 Å². The van der Waals surface area contributed by atoms with Crippen molar-refractivity contribution in [3.05, 3.63) is 6.33 Å². The Bertz CT molecular complexity index is 490. The Morgan fingerprint density at radius 2 is 1.00 bits per heavy atom. The molecule has 1 aromatic heterocycles. The first-order chi connectivity index (χ1) is 10.6. The smallest absolute Gasteiger partial charge is 0.227 e. The van der Waals surface area contributed by atoms with Crippen LogP contribution in [0.3, 0.4) is 0 Å². The zero-order valence-electron chi connectivity index (χ0n) is 17.3. The molecular weight excluding hydrogens is 298 g/mol. The highest BCUT2D eigenvalue weighted by Gasteiger charge is 2.28. The molecule has 0 amide bonds. The van der Waals surface area contributed by atoms with Gasteiger partial charge in [0.1, 0.15) is 6.33 Å². The van der Waals surface area contributed by atoms with Gasteiger partial charge in [0.05, 0.1) is 0 Å². The van der Waals surface area contributed by atoms with Gasteiger partial charge >= 0.3 is 0 Å². The summed E-state index contributed by atoms with van der Waals surface area (Å²) in [6.07, 6.45) is 3.60. The molecule has 0 saturated carbocycles. The van der Waals surface area contributed by atoms with Gasteiger partial charge in [-0.15, -0.1) is 0 Å². The van der Waals surface area contributed by atoms with Gasteiger partial charge in [0.15, 0.2) is 0 Å². The van der Waals surface area contributed by atoms with Gasteiger partial charge in [0.2, 0.25) is 11.9 Å². The topological polar surface area (TPSA) is 62.7 Å². The molecule has 0 radical (unpaired) electrons. The summed E-state index contributed by atoms with van der Waals surface area (Å²) in [5.41, 5.74) is 0.300. The van der Waals surface area contributed by atoms with Crippen LogP contribution in [0.25, 0.3) is 0 Å². The van der Waals surface area contributed by atoms with E-state index < -0.39 is 0 Å². The molecule has 1 rings (SSSR count). The molecule has 0 fully saturated rings. The monoisotopic (exact) mass is 335 g/mol. The minimum Gasteiger partial charge on any atom is -0.349 e. The summed E-state index contributed by atoms with van der Waals surface area (Å²) in [5, 5.41) is 6.89. The van der Waals surface area contributed by atoms with Crippen molar-refractivity contribution in [1.82, 2.24) is 15.0 Å². The lowest BCUT2D eigenvalue weighted by Gasteiger charge is -2.34. The lowest BCUT2D eigenvalue weighted by Crippen LogP contribution is -2.37. The maximum absolute atomic E-state index is 4.56. The minimum atomic E-state index is -0.0855. The molecule has 0 atom stereocenters. The Morgan fingerprint density at radius 3 is 1.29 bits per heavy atom. The first-order valence-electron chi connectivity index (χ1n) is 8.83. The molecule has 0 bridgehead atoms. The molecule has 0 spiro atoms. The fourth-order valence-corrected chi connectivity index (χ4v) is 3.76. The van der Waals surface area contributed by atoms with Gasteiger partial charge in [0, 0.05) is 11.1 Å². The lowest BCUT2D eigenvalue weighted by atomic mass is 9.82. The van der Waals surface area contributed by atoms with Crippen molar-refractivity contribution in [2.75, 3.05) is 10.6 Å². The van der Waals surface area contributed by atoms with Crippen molar-refractivity contribution in [3.63, 3.8) is 0 Å². The molecule has 138 valence electrons. The van der Waals surface area contributed by atoms with E-state index >= 15 is 0 Å². The number of hydrogen-bond acceptors (Lipinski definition) is 5. The van der Waals surface area contributed by atoms with E-state index in [1.54, 1.807) is 6.33 Å². The predicted molar refractivity (Wildman–Crippen MR) is 103 cm³/mol. The highest BCUT2D eigenvalue weighted by Crippen LogP contribution is 2.30. The average molecular weight is 336 g/mol. The molecule has 2 N–H and O–H groups in total. The fourth-order valence-electron chi connectivity index (χ4n) is 3.76. The summed E-state index contributed by atoms with van der Waals surface area (Å²) >= 11 is 0. The second-order valence-corrected chi connectivity index (χ2v) is 10.6. The van der Waals surface area contributed by atoms with Crippen molar-refractivity contribution < 1.29 is 0 Å². The van der Waals surface area contributed by atoms with Gasteiger partial charge in [-0.2, -0.15) is 4.98 Å². The van der Waals surface area contributed by atoms with Crippen LogP contribution in [0.4, 0.5) is 11.9 Å². The molecule has 0 aliphatic heterocycles. The quantitative estimate of drug-likeness (QED) is 0.755. The van der Waals surface area contributed by atoms with Crippen molar-refractivity contribution in [3.8, 4) is 0 Å². The molecule has 1 heterocycles. The number of rotatable bonds is 6. The average Bonchev–Trinajstić information content (AvgIpc) is 2.19. The summed E-state index contributed by atoms with van der Waals surface area (Å²) in [6, 6.07) is 0. The predicted octanol–water partition coefficient (Wildman–Crippen LogP) is 5.13. The Kier molecular flexibility index (Phi) is 5.89. The van der Waals surface area contributed by atoms with Crippen molar-refractivity contribution >= 4 is 11.9 Å². The van der Waals surface area contributed by atoms with Crippen LogP contribution in [-0.4, -0.2) is 26.0 Å². The summed E-state index contributed by atoms with van der Waals surface area (Å²) in [5.74, 6) is 1.24. The van der Waals surface area contributed by atoms with Crippen LogP contribution < -0.4 is 10.6 Å². The van der Waals surface area contributed by atoms with Gasteiger partial charge in [-0.1, -0.05) is 41.5 Å². The third kappa shape index (κ3) is 8.46. The van der Waals surface area contributed by atoms with Crippen molar-refractivity contribution in [2.45, 2.75) is 93.2 Å². The van der Waals surface area contributed by atoms with Crippen LogP contribution in [0.15, 0.2) is 6.33 Å². The van der Waals surface area contributed by atoms with Crippen LogP contribution in [0.1, 0.15) is 82.1 Å². The van der Waals surface area contributed by atoms with Gasteiger partial charge in [-0.25, -0.2) is 9.97 Å². The number of aromatic nitrogens is 3. The molecule has 5 heteroatoms. The van der Waals surface area contributed by atoms with Gasteiger partial charge < -0.3 is 10.6 Å². The van der Waals surface area contributed by atoms with E-state index in [0.29, 0.717) is 11.9 Å². The SMILES string of the molecule is CC(C)(C)CC(C)(C)Nc1ncnc(NC(C)(C)CC(C)(C)C)n1. The molecule has 0 aliphatic rings. The largest absolute Gasteiger partial charge is 0.349 e. The highest BCUT2D eigenvalue weighted by atomic mass is 15.2. The summed E-state index contributed by atoms with van der Waals surface area (Å²) < 4.78 is 0. The number of hydrogen-bond donors (Lipinski definition) is 2. The highest BCUT2D eigenvalue weighted by molar-refractivity contribution is 5.36. The molecule has 0 aromatic carbocycles. The molecule has 0 saturated heterocycles. The summed E-state index contributed by atoms with van der Waals surface area (Å²) in [4.78, 5) is 13.1. The van der Waals surface area contributed by atoms with Crippen LogP contribution in [0.5, 0.6) is 0 Å². The maximum Gasteiger partial charge on any atom is 0.227 e. The maximum atomic E-state index is 4.56. The molecule has 0 aliphatic carbocycles. The first kappa shape index (κ1) is 20.7. The number of nitrogens with one attached hydrogen (secondary N) is 2. The standard InChI is InChI=1S/C19H37N5/c1-16(2,3)11-18(7,8)23-14-20-13-21-15(22-14)24-19(9,10)12-17(4,5)6/h13H,11-12H2,1-10H3,(H2,20,21,22,23,24). The van der Waals surface area contributed by atoms with Crippen LogP contribution in [-0.2, 0) is 0 Å². The zero-order chi connectivity index (χ0) is 18.8.